The summed E-state index contributed by atoms with van der Waals surface area (Å²) < 4.78 is 30.5. The van der Waals surface area contributed by atoms with Gasteiger partial charge in [-0.15, -0.1) is 0 Å². The highest BCUT2D eigenvalue weighted by Crippen LogP contribution is 2.16. The average molecular weight is 390 g/mol. The number of esters is 1. The summed E-state index contributed by atoms with van der Waals surface area (Å²) in [5.74, 6) is -1.21. The van der Waals surface area contributed by atoms with Crippen LogP contribution in [0.1, 0.15) is 22.8 Å². The van der Waals surface area contributed by atoms with Crippen LogP contribution in [0, 0.1) is 0 Å². The van der Waals surface area contributed by atoms with Crippen LogP contribution in [0.2, 0.25) is 0 Å². The van der Waals surface area contributed by atoms with E-state index in [4.69, 9.17) is 4.74 Å². The van der Waals surface area contributed by atoms with Gasteiger partial charge in [0.1, 0.15) is 0 Å². The van der Waals surface area contributed by atoms with E-state index in [-0.39, 0.29) is 10.5 Å². The third kappa shape index (κ3) is 5.38. The second kappa shape index (κ2) is 8.79. The molecule has 0 heterocycles. The fourth-order valence-electron chi connectivity index (χ4n) is 2.21. The van der Waals surface area contributed by atoms with Gasteiger partial charge in [-0.2, -0.15) is 0 Å². The first-order valence-corrected chi connectivity index (χ1v) is 9.71. The van der Waals surface area contributed by atoms with Crippen molar-refractivity contribution in [3.05, 3.63) is 65.7 Å². The number of nitrogens with one attached hydrogen (secondary N) is 1. The number of rotatable bonds is 7. The summed E-state index contributed by atoms with van der Waals surface area (Å²) in [4.78, 5) is 24.4. The van der Waals surface area contributed by atoms with E-state index in [1.165, 1.54) is 45.3 Å². The molecule has 0 radical (unpaired) electrons. The first kappa shape index (κ1) is 20.6. The first-order chi connectivity index (χ1) is 12.7. The first-order valence-electron chi connectivity index (χ1n) is 8.27. The molecular formula is C19H22N2O5S. The Morgan fingerprint density at radius 2 is 1.74 bits per heavy atom. The fourth-order valence-corrected chi connectivity index (χ4v) is 3.15. The maximum Gasteiger partial charge on any atom is 0.338 e. The minimum Gasteiger partial charge on any atom is -0.449 e. The van der Waals surface area contributed by atoms with E-state index >= 15 is 0 Å². The van der Waals surface area contributed by atoms with Gasteiger partial charge in [0.2, 0.25) is 10.0 Å². The summed E-state index contributed by atoms with van der Waals surface area (Å²) in [6.45, 7) is 1.77. The molecule has 0 aliphatic carbocycles. The zero-order valence-electron chi connectivity index (χ0n) is 15.4. The Labute approximate surface area is 159 Å². The van der Waals surface area contributed by atoms with Gasteiger partial charge >= 0.3 is 5.97 Å². The molecule has 0 bridgehead atoms. The third-order valence-corrected chi connectivity index (χ3v) is 5.62. The zero-order chi connectivity index (χ0) is 20.0. The van der Waals surface area contributed by atoms with E-state index in [9.17, 15) is 18.0 Å². The molecule has 2 rings (SSSR count). The monoisotopic (exact) mass is 390 g/mol. The highest BCUT2D eigenvalue weighted by atomic mass is 32.2. The van der Waals surface area contributed by atoms with Crippen molar-refractivity contribution >= 4 is 21.9 Å². The van der Waals surface area contributed by atoms with Crippen molar-refractivity contribution < 1.29 is 22.7 Å². The number of amides is 1. The average Bonchev–Trinajstić information content (AvgIpc) is 2.66. The molecule has 0 aliphatic rings. The highest BCUT2D eigenvalue weighted by Gasteiger charge is 2.22. The SMILES string of the molecule is CC(OC(=O)c1cccc(S(=O)(=O)N(C)C)c1)C(=O)NCc1ccccc1. The molecule has 0 spiro atoms. The summed E-state index contributed by atoms with van der Waals surface area (Å²) in [5.41, 5.74) is 0.978. The zero-order valence-corrected chi connectivity index (χ0v) is 16.2. The summed E-state index contributed by atoms with van der Waals surface area (Å²) >= 11 is 0. The van der Waals surface area contributed by atoms with Crippen LogP contribution in [0.25, 0.3) is 0 Å². The maximum absolute atomic E-state index is 12.3. The third-order valence-electron chi connectivity index (χ3n) is 3.81. The molecule has 1 amide bonds. The smallest absolute Gasteiger partial charge is 0.338 e. The van der Waals surface area contributed by atoms with Crippen LogP contribution in [-0.2, 0) is 26.1 Å². The molecule has 8 heteroatoms. The van der Waals surface area contributed by atoms with Crippen LogP contribution in [-0.4, -0.2) is 44.8 Å². The molecule has 2 aromatic rings. The van der Waals surface area contributed by atoms with E-state index in [2.05, 4.69) is 5.32 Å². The molecule has 7 nitrogen and oxygen atoms in total. The molecule has 0 aromatic heterocycles. The largest absolute Gasteiger partial charge is 0.449 e. The van der Waals surface area contributed by atoms with E-state index in [1.807, 2.05) is 30.3 Å². The topological polar surface area (TPSA) is 92.8 Å². The number of carbonyl (C=O) groups excluding carboxylic acids is 2. The van der Waals surface area contributed by atoms with Crippen LogP contribution >= 0.6 is 0 Å². The number of ether oxygens (including phenoxy) is 1. The second-order valence-corrected chi connectivity index (χ2v) is 8.22. The van der Waals surface area contributed by atoms with E-state index < -0.39 is 28.0 Å². The van der Waals surface area contributed by atoms with Gasteiger partial charge in [-0.25, -0.2) is 17.5 Å². The van der Waals surface area contributed by atoms with Crippen molar-refractivity contribution in [2.75, 3.05) is 14.1 Å². The molecular weight excluding hydrogens is 368 g/mol. The van der Waals surface area contributed by atoms with Gasteiger partial charge in [-0.1, -0.05) is 36.4 Å². The lowest BCUT2D eigenvalue weighted by Crippen LogP contribution is -2.35. The van der Waals surface area contributed by atoms with E-state index in [0.29, 0.717) is 6.54 Å². The fraction of sp³-hybridized carbons (Fsp3) is 0.263. The number of carbonyl (C=O) groups is 2. The van der Waals surface area contributed by atoms with E-state index in [1.54, 1.807) is 0 Å². The molecule has 1 N–H and O–H groups in total. The maximum atomic E-state index is 12.3. The van der Waals surface area contributed by atoms with Gasteiger partial charge < -0.3 is 10.1 Å². The Morgan fingerprint density at radius 3 is 2.37 bits per heavy atom. The number of hydrogen-bond acceptors (Lipinski definition) is 5. The van der Waals surface area contributed by atoms with Crippen molar-refractivity contribution in [3.8, 4) is 0 Å². The number of benzene rings is 2. The molecule has 0 fully saturated rings. The van der Waals surface area contributed by atoms with E-state index in [0.717, 1.165) is 9.87 Å². The van der Waals surface area contributed by atoms with Gasteiger partial charge in [0.25, 0.3) is 5.91 Å². The number of nitrogens with zero attached hydrogens (tertiary/aromatic N) is 1. The van der Waals surface area contributed by atoms with Crippen molar-refractivity contribution in [1.29, 1.82) is 0 Å². The van der Waals surface area contributed by atoms with Gasteiger partial charge in [-0.3, -0.25) is 4.79 Å². The Morgan fingerprint density at radius 1 is 1.07 bits per heavy atom. The molecule has 1 atom stereocenters. The summed E-state index contributed by atoms with van der Waals surface area (Å²) in [7, 11) is -0.866. The van der Waals surface area contributed by atoms with Crippen LogP contribution in [0.15, 0.2) is 59.5 Å². The van der Waals surface area contributed by atoms with Crippen LogP contribution < -0.4 is 5.32 Å². The standard InChI is InChI=1S/C19H22N2O5S/c1-14(18(22)20-13-15-8-5-4-6-9-15)26-19(23)16-10-7-11-17(12-16)27(24,25)21(2)3/h4-12,14H,13H2,1-3H3,(H,20,22). The van der Waals surface area contributed by atoms with Crippen molar-refractivity contribution in [2.45, 2.75) is 24.5 Å². The lowest BCUT2D eigenvalue weighted by molar-refractivity contribution is -0.129. The van der Waals surface area contributed by atoms with Gasteiger partial charge in [-0.05, 0) is 30.7 Å². The second-order valence-electron chi connectivity index (χ2n) is 6.07. The predicted molar refractivity (Wildman–Crippen MR) is 100 cm³/mol. The number of sulfonamides is 1. The van der Waals surface area contributed by atoms with Crippen LogP contribution in [0.5, 0.6) is 0 Å². The normalized spacial score (nSPS) is 12.4. The predicted octanol–water partition coefficient (Wildman–Crippen LogP) is 1.80. The van der Waals surface area contributed by atoms with Crippen LogP contribution in [0.3, 0.4) is 0 Å². The Balaban J connectivity index is 2.01. The summed E-state index contributed by atoms with van der Waals surface area (Å²) in [5, 5.41) is 2.69. The Bertz CT molecular complexity index is 911. The van der Waals surface area contributed by atoms with Crippen molar-refractivity contribution in [2.24, 2.45) is 0 Å². The molecule has 0 aliphatic heterocycles. The molecule has 2 aromatic carbocycles. The molecule has 144 valence electrons. The van der Waals surface area contributed by atoms with Gasteiger partial charge in [0.15, 0.2) is 6.10 Å². The highest BCUT2D eigenvalue weighted by molar-refractivity contribution is 7.89. The minimum absolute atomic E-state index is 0.0249. The van der Waals surface area contributed by atoms with Crippen molar-refractivity contribution in [1.82, 2.24) is 9.62 Å². The quantitative estimate of drug-likeness (QED) is 0.728. The summed E-state index contributed by atoms with van der Waals surface area (Å²) in [6, 6.07) is 14.8. The molecule has 1 unspecified atom stereocenters. The van der Waals surface area contributed by atoms with Crippen LogP contribution in [0.4, 0.5) is 0 Å². The number of hydrogen-bond donors (Lipinski definition) is 1. The lowest BCUT2D eigenvalue weighted by atomic mass is 10.2. The van der Waals surface area contributed by atoms with Crippen molar-refractivity contribution in [3.63, 3.8) is 0 Å². The lowest BCUT2D eigenvalue weighted by Gasteiger charge is -2.15. The van der Waals surface area contributed by atoms with Gasteiger partial charge in [0.05, 0.1) is 10.5 Å². The molecule has 0 saturated heterocycles. The Hall–Kier alpha value is -2.71. The Kier molecular flexibility index (Phi) is 6.70. The molecule has 27 heavy (non-hydrogen) atoms. The summed E-state index contributed by atoms with van der Waals surface area (Å²) in [6.07, 6.45) is -1.02. The molecule has 0 saturated carbocycles. The van der Waals surface area contributed by atoms with Gasteiger partial charge in [0, 0.05) is 20.6 Å². The minimum atomic E-state index is -3.67.